The molecule has 0 radical (unpaired) electrons. The SMILES string of the molecule is COC(=O)[C@@H]1C[C@@H]2CC[C@H]1N(C(=O)OC(C)(C)C)C2. The summed E-state index contributed by atoms with van der Waals surface area (Å²) in [6, 6.07) is -0.0627. The minimum atomic E-state index is -0.505. The molecule has 0 N–H and O–H groups in total. The van der Waals surface area contributed by atoms with Gasteiger partial charge in [-0.3, -0.25) is 4.79 Å². The molecule has 2 aliphatic heterocycles. The van der Waals surface area contributed by atoms with Crippen LogP contribution in [-0.2, 0) is 14.3 Å². The van der Waals surface area contributed by atoms with Crippen LogP contribution in [-0.4, -0.2) is 42.3 Å². The van der Waals surface area contributed by atoms with Crippen molar-refractivity contribution in [1.29, 1.82) is 0 Å². The Bertz CT molecular complexity index is 374. The van der Waals surface area contributed by atoms with Crippen molar-refractivity contribution in [3.8, 4) is 0 Å². The smallest absolute Gasteiger partial charge is 0.410 e. The van der Waals surface area contributed by atoms with Gasteiger partial charge in [-0.05, 0) is 46.0 Å². The fraction of sp³-hybridized carbons (Fsp3) is 0.857. The molecule has 3 atom stereocenters. The highest BCUT2D eigenvalue weighted by Crippen LogP contribution is 2.40. The number of methoxy groups -OCH3 is 1. The first-order valence-corrected chi connectivity index (χ1v) is 6.89. The van der Waals surface area contributed by atoms with Crippen LogP contribution in [0.25, 0.3) is 0 Å². The zero-order valence-corrected chi connectivity index (χ0v) is 12.1. The fourth-order valence-electron chi connectivity index (χ4n) is 3.13. The second-order valence-corrected chi connectivity index (χ2v) is 6.51. The van der Waals surface area contributed by atoms with Crippen LogP contribution < -0.4 is 0 Å². The lowest BCUT2D eigenvalue weighted by Crippen LogP contribution is -2.58. The third-order valence-electron chi connectivity index (χ3n) is 3.91. The molecule has 0 aromatic heterocycles. The Morgan fingerprint density at radius 1 is 1.21 bits per heavy atom. The summed E-state index contributed by atoms with van der Waals surface area (Å²) in [6.45, 7) is 6.26. The molecule has 1 saturated carbocycles. The number of carbonyl (C=O) groups is 2. The van der Waals surface area contributed by atoms with E-state index >= 15 is 0 Å². The highest BCUT2D eigenvalue weighted by molar-refractivity contribution is 5.76. The Labute approximate surface area is 114 Å². The molecule has 2 heterocycles. The van der Waals surface area contributed by atoms with Crippen LogP contribution in [0.1, 0.15) is 40.0 Å². The molecule has 19 heavy (non-hydrogen) atoms. The summed E-state index contributed by atoms with van der Waals surface area (Å²) in [5, 5.41) is 0. The van der Waals surface area contributed by atoms with Gasteiger partial charge in [-0.15, -0.1) is 0 Å². The highest BCUT2D eigenvalue weighted by Gasteiger charge is 2.47. The molecule has 1 amide bonds. The molecule has 2 bridgehead atoms. The molecule has 2 saturated heterocycles. The summed E-state index contributed by atoms with van der Waals surface area (Å²) in [7, 11) is 1.41. The maximum Gasteiger partial charge on any atom is 0.410 e. The lowest BCUT2D eigenvalue weighted by molar-refractivity contribution is -0.153. The Morgan fingerprint density at radius 3 is 2.42 bits per heavy atom. The molecule has 0 aromatic carbocycles. The van der Waals surface area contributed by atoms with E-state index in [-0.39, 0.29) is 24.0 Å². The van der Waals surface area contributed by atoms with E-state index in [4.69, 9.17) is 9.47 Å². The van der Waals surface area contributed by atoms with Crippen molar-refractivity contribution in [2.75, 3.05) is 13.7 Å². The summed E-state index contributed by atoms with van der Waals surface area (Å²) in [6.07, 6.45) is 2.47. The zero-order valence-electron chi connectivity index (χ0n) is 12.1. The van der Waals surface area contributed by atoms with Gasteiger partial charge >= 0.3 is 12.1 Å². The molecule has 3 fully saturated rings. The quantitative estimate of drug-likeness (QED) is 0.685. The molecule has 0 unspecified atom stereocenters. The van der Waals surface area contributed by atoms with E-state index in [1.54, 1.807) is 4.90 Å². The van der Waals surface area contributed by atoms with Crippen LogP contribution in [0, 0.1) is 11.8 Å². The van der Waals surface area contributed by atoms with Gasteiger partial charge in [0.1, 0.15) is 5.60 Å². The maximum absolute atomic E-state index is 12.2. The van der Waals surface area contributed by atoms with Crippen molar-refractivity contribution < 1.29 is 19.1 Å². The summed E-state index contributed by atoms with van der Waals surface area (Å²) in [4.78, 5) is 25.7. The second kappa shape index (κ2) is 5.02. The molecule has 3 rings (SSSR count). The second-order valence-electron chi connectivity index (χ2n) is 6.51. The Balaban J connectivity index is 2.10. The number of amides is 1. The molecule has 5 heteroatoms. The number of ether oxygens (including phenoxy) is 2. The molecule has 1 aliphatic carbocycles. The average Bonchev–Trinajstić information content (AvgIpc) is 2.36. The molecule has 5 nitrogen and oxygen atoms in total. The van der Waals surface area contributed by atoms with Gasteiger partial charge in [0.05, 0.1) is 13.0 Å². The van der Waals surface area contributed by atoms with Gasteiger partial charge in [-0.2, -0.15) is 0 Å². The number of esters is 1. The van der Waals surface area contributed by atoms with E-state index in [0.29, 0.717) is 12.5 Å². The van der Waals surface area contributed by atoms with E-state index in [0.717, 1.165) is 19.3 Å². The Hall–Kier alpha value is -1.26. The highest BCUT2D eigenvalue weighted by atomic mass is 16.6. The standard InChI is InChI=1S/C14H23NO4/c1-14(2,3)19-13(17)15-8-9-5-6-11(15)10(7-9)12(16)18-4/h9-11H,5-8H2,1-4H3/t9-,10+,11+/m0/s1. The first kappa shape index (κ1) is 14.2. The summed E-state index contributed by atoms with van der Waals surface area (Å²) < 4.78 is 10.3. The van der Waals surface area contributed by atoms with Crippen molar-refractivity contribution in [3.63, 3.8) is 0 Å². The predicted octanol–water partition coefficient (Wildman–Crippen LogP) is 2.20. The number of carbonyl (C=O) groups excluding carboxylic acids is 2. The fourth-order valence-corrected chi connectivity index (χ4v) is 3.13. The molecule has 108 valence electrons. The van der Waals surface area contributed by atoms with Crippen LogP contribution in [0.4, 0.5) is 4.79 Å². The summed E-state index contributed by atoms with van der Waals surface area (Å²) in [5.41, 5.74) is -0.505. The molecule has 3 aliphatic rings. The van der Waals surface area contributed by atoms with Crippen LogP contribution in [0.5, 0.6) is 0 Å². The minimum absolute atomic E-state index is 0.0627. The van der Waals surface area contributed by atoms with Gasteiger partial charge in [-0.25, -0.2) is 4.79 Å². The molecule has 0 aromatic rings. The van der Waals surface area contributed by atoms with Crippen molar-refractivity contribution in [2.45, 2.75) is 51.7 Å². The van der Waals surface area contributed by atoms with Gasteiger partial charge in [0, 0.05) is 12.6 Å². The van der Waals surface area contributed by atoms with Gasteiger partial charge in [0.15, 0.2) is 0 Å². The Morgan fingerprint density at radius 2 is 1.89 bits per heavy atom. The first-order valence-electron chi connectivity index (χ1n) is 6.89. The van der Waals surface area contributed by atoms with E-state index in [1.807, 2.05) is 20.8 Å². The molecule has 0 spiro atoms. The van der Waals surface area contributed by atoms with Crippen LogP contribution in [0.2, 0.25) is 0 Å². The van der Waals surface area contributed by atoms with Crippen LogP contribution in [0.3, 0.4) is 0 Å². The van der Waals surface area contributed by atoms with Crippen LogP contribution in [0.15, 0.2) is 0 Å². The molecular weight excluding hydrogens is 246 g/mol. The monoisotopic (exact) mass is 269 g/mol. The van der Waals surface area contributed by atoms with E-state index in [1.165, 1.54) is 7.11 Å². The summed E-state index contributed by atoms with van der Waals surface area (Å²) >= 11 is 0. The zero-order chi connectivity index (χ0) is 14.2. The number of hydrogen-bond donors (Lipinski definition) is 0. The van der Waals surface area contributed by atoms with E-state index in [9.17, 15) is 9.59 Å². The van der Waals surface area contributed by atoms with Crippen molar-refractivity contribution in [3.05, 3.63) is 0 Å². The Kier molecular flexibility index (Phi) is 3.74. The summed E-state index contributed by atoms with van der Waals surface area (Å²) in [5.74, 6) is -0.00500. The van der Waals surface area contributed by atoms with Crippen molar-refractivity contribution in [2.24, 2.45) is 11.8 Å². The number of hydrogen-bond acceptors (Lipinski definition) is 4. The van der Waals surface area contributed by atoms with Gasteiger partial charge in [-0.1, -0.05) is 0 Å². The molecular formula is C14H23NO4. The van der Waals surface area contributed by atoms with Gasteiger partial charge < -0.3 is 14.4 Å². The average molecular weight is 269 g/mol. The van der Waals surface area contributed by atoms with Gasteiger partial charge in [0.25, 0.3) is 0 Å². The first-order chi connectivity index (χ1) is 8.81. The van der Waals surface area contributed by atoms with Crippen LogP contribution >= 0.6 is 0 Å². The van der Waals surface area contributed by atoms with Gasteiger partial charge in [0.2, 0.25) is 0 Å². The normalized spacial score (nSPS) is 30.1. The largest absolute Gasteiger partial charge is 0.469 e. The topological polar surface area (TPSA) is 55.8 Å². The van der Waals surface area contributed by atoms with Crippen molar-refractivity contribution in [1.82, 2.24) is 4.90 Å². The minimum Gasteiger partial charge on any atom is -0.469 e. The third kappa shape index (κ3) is 3.01. The van der Waals surface area contributed by atoms with E-state index < -0.39 is 5.60 Å². The van der Waals surface area contributed by atoms with E-state index in [2.05, 4.69) is 0 Å². The number of fused-ring (bicyclic) bond motifs is 3. The lowest BCUT2D eigenvalue weighted by Gasteiger charge is -2.48. The van der Waals surface area contributed by atoms with Crippen molar-refractivity contribution >= 4 is 12.1 Å². The third-order valence-corrected chi connectivity index (χ3v) is 3.91. The number of nitrogens with zero attached hydrogens (tertiary/aromatic N) is 1. The lowest BCUT2D eigenvalue weighted by atomic mass is 9.73. The maximum atomic E-state index is 12.2. The number of rotatable bonds is 1. The number of piperidine rings is 2. The predicted molar refractivity (Wildman–Crippen MR) is 69.6 cm³/mol.